The van der Waals surface area contributed by atoms with E-state index in [1.807, 2.05) is 38.1 Å². The maximum Gasteiger partial charge on any atom is 0.269 e. The molecule has 0 saturated carbocycles. The fraction of sp³-hybridized carbons (Fsp3) is 0.143. The average Bonchev–Trinajstić information content (AvgIpc) is 2.41. The third-order valence-corrected chi connectivity index (χ3v) is 3.18. The molecule has 4 nitrogen and oxygen atoms in total. The second kappa shape index (κ2) is 7.56. The second-order valence-electron chi connectivity index (χ2n) is 3.50. The lowest BCUT2D eigenvalue weighted by Gasteiger charge is -2.01. The highest BCUT2D eigenvalue weighted by molar-refractivity contribution is 7.99. The van der Waals surface area contributed by atoms with Gasteiger partial charge in [-0.25, -0.2) is 0 Å². The summed E-state index contributed by atoms with van der Waals surface area (Å²) in [6.07, 6.45) is 0. The summed E-state index contributed by atoms with van der Waals surface area (Å²) in [4.78, 5) is 12.2. The third kappa shape index (κ3) is 4.73. The Labute approximate surface area is 116 Å². The van der Waals surface area contributed by atoms with Gasteiger partial charge < -0.3 is 5.73 Å². The van der Waals surface area contributed by atoms with Gasteiger partial charge in [0.2, 0.25) is 0 Å². The summed E-state index contributed by atoms with van der Waals surface area (Å²) in [5, 5.41) is 10.5. The van der Waals surface area contributed by atoms with E-state index in [1.54, 1.807) is 23.9 Å². The standard InChI is InChI=1S/C12H10N2O2S.C2H6/c13-9-2-1-3-12(8-9)17-11-6-4-10(5-7-11)14(15)16;1-2/h1-8H,13H2;1-2H3/p+1. The average molecular weight is 277 g/mol. The van der Waals surface area contributed by atoms with E-state index in [-0.39, 0.29) is 5.69 Å². The first-order valence-corrected chi connectivity index (χ1v) is 6.81. The van der Waals surface area contributed by atoms with Gasteiger partial charge in [0, 0.05) is 28.0 Å². The Morgan fingerprint density at radius 3 is 2.21 bits per heavy atom. The van der Waals surface area contributed by atoms with E-state index in [4.69, 9.17) is 0 Å². The molecule has 0 aliphatic carbocycles. The molecule has 0 atom stereocenters. The van der Waals surface area contributed by atoms with Gasteiger partial charge >= 0.3 is 0 Å². The quantitative estimate of drug-likeness (QED) is 0.687. The van der Waals surface area contributed by atoms with Crippen molar-refractivity contribution < 1.29 is 10.7 Å². The molecular formula is C14H17N2O2S+. The molecule has 2 rings (SSSR count). The van der Waals surface area contributed by atoms with E-state index in [9.17, 15) is 10.1 Å². The van der Waals surface area contributed by atoms with Crippen LogP contribution < -0.4 is 5.73 Å². The van der Waals surface area contributed by atoms with Crippen molar-refractivity contribution in [3.63, 3.8) is 0 Å². The van der Waals surface area contributed by atoms with Crippen LogP contribution in [0.3, 0.4) is 0 Å². The summed E-state index contributed by atoms with van der Waals surface area (Å²) in [6, 6.07) is 14.4. The van der Waals surface area contributed by atoms with Crippen LogP contribution in [0.1, 0.15) is 13.8 Å². The number of rotatable bonds is 3. The summed E-state index contributed by atoms with van der Waals surface area (Å²) in [5.74, 6) is 0. The van der Waals surface area contributed by atoms with Gasteiger partial charge in [-0.3, -0.25) is 10.1 Å². The zero-order chi connectivity index (χ0) is 14.3. The van der Waals surface area contributed by atoms with Crippen molar-refractivity contribution in [3.8, 4) is 0 Å². The van der Waals surface area contributed by atoms with Crippen LogP contribution >= 0.6 is 11.8 Å². The van der Waals surface area contributed by atoms with Crippen molar-refractivity contribution in [1.82, 2.24) is 0 Å². The first kappa shape index (κ1) is 15.2. The maximum absolute atomic E-state index is 10.5. The van der Waals surface area contributed by atoms with Crippen molar-refractivity contribution in [2.24, 2.45) is 0 Å². The molecule has 100 valence electrons. The van der Waals surface area contributed by atoms with Gasteiger partial charge in [-0.15, -0.1) is 0 Å². The molecule has 0 aromatic heterocycles. The minimum atomic E-state index is -0.398. The molecule has 2 aromatic rings. The Kier molecular flexibility index (Phi) is 6.05. The minimum absolute atomic E-state index is 0.111. The fourth-order valence-electron chi connectivity index (χ4n) is 1.38. The van der Waals surface area contributed by atoms with Crippen LogP contribution in [-0.4, -0.2) is 4.92 Å². The van der Waals surface area contributed by atoms with Crippen molar-refractivity contribution in [2.75, 3.05) is 0 Å². The van der Waals surface area contributed by atoms with Crippen LogP contribution in [0.15, 0.2) is 58.3 Å². The Morgan fingerprint density at radius 1 is 1.05 bits per heavy atom. The molecule has 5 heteroatoms. The minimum Gasteiger partial charge on any atom is -0.325 e. The van der Waals surface area contributed by atoms with Gasteiger partial charge in [-0.1, -0.05) is 31.7 Å². The van der Waals surface area contributed by atoms with Gasteiger partial charge in [-0.05, 0) is 24.3 Å². The molecule has 0 radical (unpaired) electrons. The molecule has 0 bridgehead atoms. The molecule has 19 heavy (non-hydrogen) atoms. The third-order valence-electron chi connectivity index (χ3n) is 2.18. The molecule has 0 unspecified atom stereocenters. The molecular weight excluding hydrogens is 260 g/mol. The van der Waals surface area contributed by atoms with Crippen molar-refractivity contribution >= 4 is 23.1 Å². The van der Waals surface area contributed by atoms with E-state index in [2.05, 4.69) is 5.73 Å². The highest BCUT2D eigenvalue weighted by Crippen LogP contribution is 2.29. The fourth-order valence-corrected chi connectivity index (χ4v) is 2.28. The smallest absolute Gasteiger partial charge is 0.269 e. The summed E-state index contributed by atoms with van der Waals surface area (Å²) in [5.41, 5.74) is 4.92. The zero-order valence-corrected chi connectivity index (χ0v) is 11.8. The highest BCUT2D eigenvalue weighted by atomic mass is 32.2. The predicted molar refractivity (Wildman–Crippen MR) is 77.6 cm³/mol. The first-order chi connectivity index (χ1) is 9.15. The molecule has 0 aliphatic rings. The van der Waals surface area contributed by atoms with Crippen molar-refractivity contribution in [2.45, 2.75) is 23.6 Å². The molecule has 0 fully saturated rings. The Hall–Kier alpha value is -1.85. The van der Waals surface area contributed by atoms with E-state index < -0.39 is 4.92 Å². The Balaban J connectivity index is 0.000000861. The summed E-state index contributed by atoms with van der Waals surface area (Å²) in [6.45, 7) is 4.00. The molecule has 0 aliphatic heterocycles. The number of nitro benzene ring substituents is 1. The highest BCUT2D eigenvalue weighted by Gasteiger charge is 2.05. The summed E-state index contributed by atoms with van der Waals surface area (Å²) >= 11 is 1.56. The topological polar surface area (TPSA) is 70.8 Å². The van der Waals surface area contributed by atoms with Gasteiger partial charge in [0.05, 0.1) is 4.92 Å². The van der Waals surface area contributed by atoms with Crippen LogP contribution in [-0.2, 0) is 0 Å². The van der Waals surface area contributed by atoms with Crippen LogP contribution in [0, 0.1) is 10.1 Å². The van der Waals surface area contributed by atoms with Crippen molar-refractivity contribution in [3.05, 3.63) is 58.6 Å². The molecule has 0 saturated heterocycles. The number of hydrogen-bond acceptors (Lipinski definition) is 3. The predicted octanol–water partition coefficient (Wildman–Crippen LogP) is 3.65. The normalized spacial score (nSPS) is 9.42. The maximum atomic E-state index is 10.5. The van der Waals surface area contributed by atoms with E-state index in [0.717, 1.165) is 15.5 Å². The first-order valence-electron chi connectivity index (χ1n) is 5.99. The van der Waals surface area contributed by atoms with E-state index >= 15 is 0 Å². The lowest BCUT2D eigenvalue weighted by molar-refractivity contribution is -0.384. The van der Waals surface area contributed by atoms with Gasteiger partial charge in [-0.2, -0.15) is 0 Å². The van der Waals surface area contributed by atoms with Gasteiger partial charge in [0.15, 0.2) is 0 Å². The van der Waals surface area contributed by atoms with Crippen LogP contribution in [0.5, 0.6) is 0 Å². The number of non-ortho nitro benzene ring substituents is 1. The summed E-state index contributed by atoms with van der Waals surface area (Å²) < 4.78 is 0. The van der Waals surface area contributed by atoms with Gasteiger partial charge in [0.1, 0.15) is 5.69 Å². The Bertz CT molecular complexity index is 541. The molecule has 2 aromatic carbocycles. The van der Waals surface area contributed by atoms with Crippen LogP contribution in [0.4, 0.5) is 11.4 Å². The lowest BCUT2D eigenvalue weighted by Crippen LogP contribution is -2.39. The van der Waals surface area contributed by atoms with Crippen molar-refractivity contribution in [1.29, 1.82) is 0 Å². The number of quaternary nitrogens is 1. The zero-order valence-electron chi connectivity index (χ0n) is 11.0. The molecule has 3 N–H and O–H groups in total. The number of benzene rings is 2. The molecule has 0 spiro atoms. The number of nitro groups is 1. The van der Waals surface area contributed by atoms with E-state index in [0.29, 0.717) is 0 Å². The van der Waals surface area contributed by atoms with Crippen LogP contribution in [0.25, 0.3) is 0 Å². The number of nitrogens with zero attached hydrogens (tertiary/aromatic N) is 1. The number of hydrogen-bond donors (Lipinski definition) is 1. The van der Waals surface area contributed by atoms with E-state index in [1.165, 1.54) is 12.1 Å². The summed E-state index contributed by atoms with van der Waals surface area (Å²) in [7, 11) is 0. The second-order valence-corrected chi connectivity index (χ2v) is 4.65. The van der Waals surface area contributed by atoms with Crippen LogP contribution in [0.2, 0.25) is 0 Å². The largest absolute Gasteiger partial charge is 0.325 e. The monoisotopic (exact) mass is 277 g/mol. The SMILES string of the molecule is CC.[NH3+]c1cccc(Sc2ccc([N+](=O)[O-])cc2)c1. The Morgan fingerprint density at radius 2 is 1.68 bits per heavy atom. The molecule has 0 heterocycles. The molecule has 0 amide bonds. The van der Waals surface area contributed by atoms with Gasteiger partial charge in [0.25, 0.3) is 5.69 Å². The lowest BCUT2D eigenvalue weighted by atomic mass is 10.3.